The van der Waals surface area contributed by atoms with Crippen LogP contribution in [-0.2, 0) is 32.9 Å². The van der Waals surface area contributed by atoms with Crippen molar-refractivity contribution in [1.82, 2.24) is 9.97 Å². The molecule has 0 unspecified atom stereocenters. The number of hydrogen-bond donors (Lipinski definition) is 0. The van der Waals surface area contributed by atoms with E-state index < -0.39 is 31.6 Å². The average Bonchev–Trinajstić information content (AvgIpc) is 3.52. The molecule has 0 N–H and O–H groups in total. The summed E-state index contributed by atoms with van der Waals surface area (Å²) in [7, 11) is -1.70. The molecular weight excluding hydrogens is 845 g/mol. The van der Waals surface area contributed by atoms with E-state index in [9.17, 15) is 0 Å². The van der Waals surface area contributed by atoms with Gasteiger partial charge in [0.25, 0.3) is 0 Å². The van der Waals surface area contributed by atoms with Crippen LogP contribution in [0.1, 0.15) is 58.2 Å². The Bertz CT molecular complexity index is 2450. The van der Waals surface area contributed by atoms with Crippen LogP contribution in [0.15, 0.2) is 116 Å². The summed E-state index contributed by atoms with van der Waals surface area (Å²) in [5.74, 6) is 0. The molecule has 0 atom stereocenters. The Balaban J connectivity index is 0.000000223. The molecule has 7 rings (SSSR count). The molecule has 1 radical (unpaired) electrons. The number of fused-ring (bicyclic) bond motifs is 3. The van der Waals surface area contributed by atoms with E-state index >= 15 is 0 Å². The van der Waals surface area contributed by atoms with Gasteiger partial charge in [0, 0.05) is 42.7 Å². The van der Waals surface area contributed by atoms with Crippen LogP contribution in [0, 0.1) is 23.0 Å². The molecule has 0 bridgehead atoms. The van der Waals surface area contributed by atoms with Crippen molar-refractivity contribution in [3.8, 4) is 33.6 Å². The summed E-state index contributed by atoms with van der Waals surface area (Å²) in [4.78, 5) is 9.21. The summed E-state index contributed by atoms with van der Waals surface area (Å²) >= 11 is 1.75. The molecule has 0 aliphatic carbocycles. The maximum atomic E-state index is 8.75. The number of pyridine rings is 2. The zero-order chi connectivity index (χ0) is 40.0. The minimum atomic E-state index is -1.70. The quantitative estimate of drug-likeness (QED) is 0.123. The van der Waals surface area contributed by atoms with E-state index in [-0.39, 0.29) is 20.1 Å². The molecule has 52 heavy (non-hydrogen) atoms. The molecule has 0 fully saturated rings. The first kappa shape index (κ1) is 34.1. The van der Waals surface area contributed by atoms with Crippen molar-refractivity contribution in [3.63, 3.8) is 0 Å². The van der Waals surface area contributed by atoms with Gasteiger partial charge in [-0.25, -0.2) is 0 Å². The van der Waals surface area contributed by atoms with Crippen LogP contribution in [0.5, 0.6) is 0 Å². The van der Waals surface area contributed by atoms with E-state index in [1.807, 2.05) is 96.3 Å². The molecule has 0 amide bonds. The van der Waals surface area contributed by atoms with Gasteiger partial charge < -0.3 is 9.97 Å². The van der Waals surface area contributed by atoms with Gasteiger partial charge >= 0.3 is 0 Å². The normalized spacial score (nSPS) is 13.6. The largest absolute Gasteiger partial charge is 0.305 e. The summed E-state index contributed by atoms with van der Waals surface area (Å²) in [5, 5.41) is 3.50. The second-order valence-corrected chi connectivity index (χ2v) is 22.2. The fraction of sp³-hybridized carbons (Fsp3) is 0.277. The number of rotatable bonds is 6. The number of thiophene rings is 1. The van der Waals surface area contributed by atoms with Gasteiger partial charge in [-0.1, -0.05) is 132 Å². The molecule has 2 nitrogen and oxygen atoms in total. The monoisotopic (exact) mass is 899 g/mol. The van der Waals surface area contributed by atoms with E-state index in [2.05, 4.69) is 90.3 Å². The van der Waals surface area contributed by atoms with E-state index in [0.717, 1.165) is 38.0 Å². The zero-order valence-corrected chi connectivity index (χ0v) is 35.8. The van der Waals surface area contributed by atoms with Crippen LogP contribution in [0.4, 0.5) is 0 Å². The first-order valence-electron chi connectivity index (χ1n) is 19.6. The molecule has 269 valence electrons. The van der Waals surface area contributed by atoms with E-state index in [4.69, 9.17) is 5.48 Å². The van der Waals surface area contributed by atoms with E-state index in [1.54, 1.807) is 23.6 Å². The molecule has 4 aromatic carbocycles. The Morgan fingerprint density at radius 3 is 2.10 bits per heavy atom. The van der Waals surface area contributed by atoms with E-state index in [1.165, 1.54) is 26.6 Å². The summed E-state index contributed by atoms with van der Waals surface area (Å²) in [5.41, 5.74) is 6.21. The maximum Gasteiger partial charge on any atom is 0.0798 e. The molecule has 0 aliphatic heterocycles. The summed E-state index contributed by atoms with van der Waals surface area (Å²) in [6.45, 7) is 18.4. The Labute approximate surface area is 335 Å². The van der Waals surface area contributed by atoms with Crippen molar-refractivity contribution in [3.05, 3.63) is 139 Å². The van der Waals surface area contributed by atoms with Gasteiger partial charge in [-0.05, 0) is 73.5 Å². The number of hydrogen-bond acceptors (Lipinski definition) is 3. The Hall–Kier alpha value is -3.73. The number of nitrogens with zero attached hydrogens (tertiary/aromatic N) is 2. The number of benzene rings is 4. The fourth-order valence-corrected chi connectivity index (χ4v) is 8.72. The molecule has 3 aromatic heterocycles. The van der Waals surface area contributed by atoms with Crippen LogP contribution >= 0.6 is 11.3 Å². The first-order chi connectivity index (χ1) is 25.7. The van der Waals surface area contributed by atoms with Gasteiger partial charge in [0.2, 0.25) is 0 Å². The third kappa shape index (κ3) is 9.82. The maximum absolute atomic E-state index is 8.75. The van der Waals surface area contributed by atoms with Crippen molar-refractivity contribution in [2.24, 2.45) is 10.8 Å². The predicted molar refractivity (Wildman–Crippen MR) is 225 cm³/mol. The van der Waals surface area contributed by atoms with E-state index in [0.29, 0.717) is 5.56 Å². The topological polar surface area (TPSA) is 25.8 Å². The van der Waals surface area contributed by atoms with Gasteiger partial charge in [-0.2, -0.15) is 11.3 Å². The van der Waals surface area contributed by atoms with Crippen molar-refractivity contribution in [1.29, 1.82) is 0 Å². The van der Waals surface area contributed by atoms with Crippen LogP contribution in [0.25, 0.3) is 53.8 Å². The molecule has 5 heteroatoms. The van der Waals surface area contributed by atoms with Crippen LogP contribution in [0.2, 0.25) is 19.6 Å². The third-order valence-electron chi connectivity index (χ3n) is 8.28. The predicted octanol–water partition coefficient (Wildman–Crippen LogP) is 12.9. The molecule has 0 saturated carbocycles. The summed E-state index contributed by atoms with van der Waals surface area (Å²) in [6.07, 6.45) is 0.710. The molecular formula is C47H50IrN2SSi-2. The minimum absolute atomic E-state index is 0. The second-order valence-electron chi connectivity index (χ2n) is 16.1. The average molecular weight is 899 g/mol. The van der Waals surface area contributed by atoms with Crippen LogP contribution < -0.4 is 5.19 Å². The molecule has 0 saturated heterocycles. The molecule has 7 aromatic rings. The molecule has 3 heterocycles. The summed E-state index contributed by atoms with van der Waals surface area (Å²) in [6, 6.07) is 41.0. The van der Waals surface area contributed by atoms with Gasteiger partial charge in [-0.3, -0.25) is 0 Å². The van der Waals surface area contributed by atoms with Crippen molar-refractivity contribution in [2.75, 3.05) is 0 Å². The van der Waals surface area contributed by atoms with Gasteiger partial charge in [0.15, 0.2) is 0 Å². The van der Waals surface area contributed by atoms with Crippen molar-refractivity contribution in [2.45, 2.75) is 73.9 Å². The van der Waals surface area contributed by atoms with Gasteiger partial charge in [0.05, 0.1) is 8.07 Å². The third-order valence-corrected chi connectivity index (χ3v) is 11.5. The SMILES string of the molecule is [2H]C([2H])(c1cc(-c2[c-]cccc2)ncc1[Si](C)(C)C)C(C)(C)C.[2H]C([2H])(c1ccnc(-c2[c-]ccc3c2sc2cc(-c4ccccc4)ccc23)c1)C(C)(C)C.[Ir]. The van der Waals surface area contributed by atoms with Gasteiger partial charge in [0.1, 0.15) is 0 Å². The molecule has 0 aliphatic rings. The van der Waals surface area contributed by atoms with Crippen LogP contribution in [0.3, 0.4) is 0 Å². The standard InChI is InChI=1S/C28H24NS.C19H26NSi.Ir/c1-28(2,3)18-19-14-15-29-25(16-19)24-11-7-10-23-22-13-12-21(17-26(22)30-27(23)24)20-8-5-4-6-9-20;1-19(2,3)13-16-12-17(15-10-8-7-9-11-15)20-14-18(16)21(4,5)6;/h4-10,12-17H,18H2,1-3H3;7-10,12,14H,13H2,1-6H3;/q2*-1;/i18D2;13D2;. The number of aromatic nitrogens is 2. The first-order valence-corrected chi connectivity index (χ1v) is 21.9. The Kier molecular flexibility index (Phi) is 10.5. The second kappa shape index (κ2) is 16.1. The van der Waals surface area contributed by atoms with Crippen molar-refractivity contribution >= 4 is 44.8 Å². The molecule has 0 spiro atoms. The fourth-order valence-electron chi connectivity index (χ4n) is 6.08. The Morgan fingerprint density at radius 2 is 1.42 bits per heavy atom. The van der Waals surface area contributed by atoms with Crippen LogP contribution in [-0.4, -0.2) is 18.0 Å². The summed E-state index contributed by atoms with van der Waals surface area (Å²) < 4.78 is 37.2. The smallest absolute Gasteiger partial charge is 0.0798 e. The Morgan fingerprint density at radius 1 is 0.692 bits per heavy atom. The van der Waals surface area contributed by atoms with Gasteiger partial charge in [-0.15, -0.1) is 59.7 Å². The van der Waals surface area contributed by atoms with Crippen molar-refractivity contribution < 1.29 is 25.6 Å². The minimum Gasteiger partial charge on any atom is -0.305 e. The zero-order valence-electron chi connectivity index (χ0n) is 35.6.